The van der Waals surface area contributed by atoms with Gasteiger partial charge in [0.1, 0.15) is 0 Å². The summed E-state index contributed by atoms with van der Waals surface area (Å²) in [6, 6.07) is 0. The van der Waals surface area contributed by atoms with Crippen LogP contribution in [0.5, 0.6) is 0 Å². The van der Waals surface area contributed by atoms with Crippen LogP contribution in [0.2, 0.25) is 0 Å². The third kappa shape index (κ3) is 5.09. The predicted molar refractivity (Wildman–Crippen MR) is 40.1 cm³/mol. The summed E-state index contributed by atoms with van der Waals surface area (Å²) in [5, 5.41) is 0. The van der Waals surface area contributed by atoms with Crippen molar-refractivity contribution in [2.75, 3.05) is 13.2 Å². The molecule has 0 spiro atoms. The summed E-state index contributed by atoms with van der Waals surface area (Å²) >= 11 is 0. The molecule has 4 N–H and O–H groups in total. The van der Waals surface area contributed by atoms with Crippen molar-refractivity contribution in [3.63, 3.8) is 0 Å². The monoisotopic (exact) mass is 167 g/mol. The molecule has 0 fully saturated rings. The van der Waals surface area contributed by atoms with Gasteiger partial charge in [-0.25, -0.2) is 0 Å². The summed E-state index contributed by atoms with van der Waals surface area (Å²) in [5.41, 5.74) is 5.18. The maximum atomic E-state index is 8.37. The summed E-state index contributed by atoms with van der Waals surface area (Å²) in [6.07, 6.45) is 0. The number of rotatable bonds is 4. The fourth-order valence-electron chi connectivity index (χ4n) is 0.291. The fraction of sp³-hybridized carbons (Fsp3) is 1.00. The summed E-state index contributed by atoms with van der Waals surface area (Å²) < 4.78 is 4.59. The second-order valence-electron chi connectivity index (χ2n) is 2.89. The Hall–Kier alpha value is 0.270. The van der Waals surface area contributed by atoms with Gasteiger partial charge in [-0.2, -0.15) is 0 Å². The van der Waals surface area contributed by atoms with Crippen LogP contribution in [-0.4, -0.2) is 22.9 Å². The van der Waals surface area contributed by atoms with Gasteiger partial charge in [0.15, 0.2) is 0 Å². The third-order valence-corrected chi connectivity index (χ3v) is 1.48. The van der Waals surface area contributed by atoms with E-state index in [1.54, 1.807) is 0 Å². The normalized spacial score (nSPS) is 12.6. The Morgan fingerprint density at radius 1 is 1.50 bits per heavy atom. The molecule has 62 valence electrons. The van der Waals surface area contributed by atoms with Crippen molar-refractivity contribution in [1.29, 1.82) is 0 Å². The van der Waals surface area contributed by atoms with Crippen LogP contribution in [0.3, 0.4) is 0 Å². The first-order chi connectivity index (χ1) is 4.48. The van der Waals surface area contributed by atoms with Crippen molar-refractivity contribution in [2.45, 2.75) is 13.8 Å². The second kappa shape index (κ2) is 4.21. The Balaban J connectivity index is 3.46. The highest BCUT2D eigenvalue weighted by Gasteiger charge is 2.17. The molecule has 0 unspecified atom stereocenters. The highest BCUT2D eigenvalue weighted by atomic mass is 31.2. The Labute approximate surface area is 62.0 Å². The zero-order valence-electron chi connectivity index (χ0n) is 6.24. The fourth-order valence-corrected chi connectivity index (χ4v) is 0.756. The molecule has 0 aromatic heterocycles. The summed E-state index contributed by atoms with van der Waals surface area (Å²) in [5.74, 6) is 0. The molecular formula is C5H14NO3P. The van der Waals surface area contributed by atoms with Crippen molar-refractivity contribution < 1.29 is 14.3 Å². The van der Waals surface area contributed by atoms with Crippen molar-refractivity contribution in [2.24, 2.45) is 11.1 Å². The van der Waals surface area contributed by atoms with Crippen LogP contribution >= 0.6 is 8.60 Å². The van der Waals surface area contributed by atoms with Crippen LogP contribution in [0.1, 0.15) is 13.8 Å². The van der Waals surface area contributed by atoms with Gasteiger partial charge in [0.2, 0.25) is 0 Å². The van der Waals surface area contributed by atoms with Gasteiger partial charge in [-0.15, -0.1) is 0 Å². The minimum Gasteiger partial charge on any atom is -0.330 e. The molecule has 0 amide bonds. The van der Waals surface area contributed by atoms with E-state index in [-0.39, 0.29) is 12.0 Å². The Morgan fingerprint density at radius 2 is 2.00 bits per heavy atom. The van der Waals surface area contributed by atoms with Crippen LogP contribution in [0.15, 0.2) is 0 Å². The predicted octanol–water partition coefficient (Wildman–Crippen LogP) is 0.199. The van der Waals surface area contributed by atoms with E-state index in [9.17, 15) is 0 Å². The molecule has 0 aromatic rings. The van der Waals surface area contributed by atoms with E-state index in [1.807, 2.05) is 13.8 Å². The van der Waals surface area contributed by atoms with Gasteiger partial charge in [0, 0.05) is 5.41 Å². The molecule has 10 heavy (non-hydrogen) atoms. The van der Waals surface area contributed by atoms with E-state index in [0.29, 0.717) is 6.54 Å². The number of hydrogen-bond donors (Lipinski definition) is 3. The van der Waals surface area contributed by atoms with Gasteiger partial charge in [0.25, 0.3) is 0 Å². The average Bonchev–Trinajstić information content (AvgIpc) is 1.85. The lowest BCUT2D eigenvalue weighted by atomic mass is 9.96. The molecule has 0 heterocycles. The lowest BCUT2D eigenvalue weighted by molar-refractivity contribution is 0.164. The quantitative estimate of drug-likeness (QED) is 0.523. The van der Waals surface area contributed by atoms with E-state index in [2.05, 4.69) is 4.52 Å². The van der Waals surface area contributed by atoms with E-state index in [4.69, 9.17) is 15.5 Å². The molecule has 0 bridgehead atoms. The van der Waals surface area contributed by atoms with E-state index in [1.165, 1.54) is 0 Å². The van der Waals surface area contributed by atoms with Crippen molar-refractivity contribution >= 4 is 8.60 Å². The van der Waals surface area contributed by atoms with Crippen molar-refractivity contribution in [1.82, 2.24) is 0 Å². The molecule has 0 radical (unpaired) electrons. The average molecular weight is 167 g/mol. The molecule has 0 atom stereocenters. The molecule has 5 heteroatoms. The first-order valence-electron chi connectivity index (χ1n) is 2.99. The topological polar surface area (TPSA) is 75.7 Å². The van der Waals surface area contributed by atoms with Crippen LogP contribution in [0, 0.1) is 5.41 Å². The first kappa shape index (κ1) is 10.3. The van der Waals surface area contributed by atoms with Crippen LogP contribution in [0.25, 0.3) is 0 Å². The minimum atomic E-state index is -2.23. The lowest BCUT2D eigenvalue weighted by Gasteiger charge is -2.21. The highest BCUT2D eigenvalue weighted by Crippen LogP contribution is 2.28. The molecular weight excluding hydrogens is 153 g/mol. The van der Waals surface area contributed by atoms with Gasteiger partial charge in [-0.3, -0.25) is 0 Å². The molecule has 0 aliphatic carbocycles. The Morgan fingerprint density at radius 3 is 2.30 bits per heavy atom. The Bertz CT molecular complexity index is 96.9. The largest absolute Gasteiger partial charge is 0.330 e. The highest BCUT2D eigenvalue weighted by molar-refractivity contribution is 7.39. The van der Waals surface area contributed by atoms with Crippen LogP contribution in [0.4, 0.5) is 0 Å². The van der Waals surface area contributed by atoms with E-state index >= 15 is 0 Å². The summed E-state index contributed by atoms with van der Waals surface area (Å²) in [4.78, 5) is 16.7. The molecule has 0 aromatic carbocycles. The maximum Gasteiger partial charge on any atom is 0.327 e. The smallest absolute Gasteiger partial charge is 0.327 e. The van der Waals surface area contributed by atoms with Gasteiger partial charge < -0.3 is 20.0 Å². The van der Waals surface area contributed by atoms with Gasteiger partial charge in [-0.1, -0.05) is 13.8 Å². The molecule has 0 aliphatic heterocycles. The maximum absolute atomic E-state index is 8.37. The van der Waals surface area contributed by atoms with Gasteiger partial charge in [-0.05, 0) is 6.54 Å². The minimum absolute atomic E-state index is 0.175. The molecule has 0 saturated heterocycles. The lowest BCUT2D eigenvalue weighted by Crippen LogP contribution is -2.28. The van der Waals surface area contributed by atoms with Gasteiger partial charge in [0.05, 0.1) is 6.61 Å². The third-order valence-electron chi connectivity index (χ3n) is 1.12. The zero-order chi connectivity index (χ0) is 8.20. The van der Waals surface area contributed by atoms with Crippen molar-refractivity contribution in [3.8, 4) is 0 Å². The number of nitrogens with two attached hydrogens (primary N) is 1. The van der Waals surface area contributed by atoms with Gasteiger partial charge >= 0.3 is 8.60 Å². The van der Waals surface area contributed by atoms with Crippen LogP contribution in [-0.2, 0) is 4.52 Å². The molecule has 0 rings (SSSR count). The Kier molecular flexibility index (Phi) is 4.32. The summed E-state index contributed by atoms with van der Waals surface area (Å²) in [7, 11) is -2.23. The molecule has 0 aliphatic rings. The number of hydrogen-bond acceptors (Lipinski definition) is 4. The first-order valence-corrected chi connectivity index (χ1v) is 4.15. The van der Waals surface area contributed by atoms with Crippen LogP contribution < -0.4 is 5.73 Å². The SMILES string of the molecule is CC(C)(CN)COP(O)O. The molecule has 4 nitrogen and oxygen atoms in total. The van der Waals surface area contributed by atoms with E-state index in [0.717, 1.165) is 0 Å². The van der Waals surface area contributed by atoms with E-state index < -0.39 is 8.60 Å². The second-order valence-corrected chi connectivity index (χ2v) is 3.66. The standard InChI is InChI=1S/C5H14NO3P/c1-5(2,3-6)4-9-10(7)8/h7-8H,3-4,6H2,1-2H3. The summed E-state index contributed by atoms with van der Waals surface area (Å²) in [6.45, 7) is 4.54. The molecule has 0 saturated carbocycles. The van der Waals surface area contributed by atoms with Crippen molar-refractivity contribution in [3.05, 3.63) is 0 Å². The zero-order valence-corrected chi connectivity index (χ0v) is 7.14.